The van der Waals surface area contributed by atoms with E-state index in [1.165, 1.54) is 50.3 Å². The van der Waals surface area contributed by atoms with Crippen LogP contribution in [0.15, 0.2) is 55.0 Å². The molecule has 4 aliphatic rings. The second kappa shape index (κ2) is 7.91. The first-order valence-corrected chi connectivity index (χ1v) is 12.2. The van der Waals surface area contributed by atoms with Crippen molar-refractivity contribution in [2.45, 2.75) is 50.5 Å². The highest BCUT2D eigenvalue weighted by atomic mass is 35.5. The number of carboxylic acid groups (broad SMARTS) is 1. The normalized spacial score (nSPS) is 27.6. The Bertz CT molecular complexity index is 1180. The minimum atomic E-state index is -0.979. The molecule has 4 aliphatic carbocycles. The van der Waals surface area contributed by atoms with Crippen molar-refractivity contribution in [1.29, 1.82) is 0 Å². The topological polar surface area (TPSA) is 67.1 Å². The number of anilines is 2. The fourth-order valence-electron chi connectivity index (χ4n) is 7.14. The molecule has 0 spiro atoms. The Labute approximate surface area is 198 Å². The molecule has 0 saturated heterocycles. The number of aromatic nitrogens is 2. The number of hydrogen-bond donors (Lipinski definition) is 2. The lowest BCUT2D eigenvalue weighted by molar-refractivity contribution is -0.00518. The fraction of sp³-hybridized carbons (Fsp3) is 0.407. The highest BCUT2D eigenvalue weighted by Crippen LogP contribution is 2.61. The maximum absolute atomic E-state index is 11.4. The third-order valence-corrected chi connectivity index (χ3v) is 8.42. The van der Waals surface area contributed by atoms with Crippen LogP contribution >= 0.6 is 11.6 Å². The third kappa shape index (κ3) is 3.82. The lowest BCUT2D eigenvalue weighted by atomic mass is 9.48. The van der Waals surface area contributed by atoms with Crippen molar-refractivity contribution in [2.24, 2.45) is 17.8 Å². The number of imidazole rings is 1. The number of hydrogen-bond acceptors (Lipinski definition) is 3. The first kappa shape index (κ1) is 20.8. The van der Waals surface area contributed by atoms with Crippen molar-refractivity contribution >= 4 is 28.9 Å². The first-order valence-electron chi connectivity index (χ1n) is 11.9. The van der Waals surface area contributed by atoms with Gasteiger partial charge in [0.1, 0.15) is 5.69 Å². The monoisotopic (exact) mass is 461 g/mol. The van der Waals surface area contributed by atoms with Gasteiger partial charge in [-0.3, -0.25) is 0 Å². The van der Waals surface area contributed by atoms with Crippen molar-refractivity contribution in [3.8, 4) is 0 Å². The zero-order valence-electron chi connectivity index (χ0n) is 18.5. The van der Waals surface area contributed by atoms with Gasteiger partial charge in [-0.1, -0.05) is 29.8 Å². The van der Waals surface area contributed by atoms with Crippen LogP contribution < -0.4 is 5.32 Å². The van der Waals surface area contributed by atoms with E-state index in [0.29, 0.717) is 12.0 Å². The van der Waals surface area contributed by atoms with Crippen molar-refractivity contribution in [1.82, 2.24) is 9.55 Å². The van der Waals surface area contributed by atoms with Gasteiger partial charge in [0.05, 0.1) is 23.2 Å². The summed E-state index contributed by atoms with van der Waals surface area (Å²) in [5.74, 6) is 1.75. The number of halogens is 1. The lowest BCUT2D eigenvalue weighted by Gasteiger charge is -2.57. The summed E-state index contributed by atoms with van der Waals surface area (Å²) in [5, 5.41) is 13.5. The van der Waals surface area contributed by atoms with Gasteiger partial charge in [-0.25, -0.2) is 9.78 Å². The number of rotatable bonds is 6. The molecule has 0 atom stereocenters. The minimum absolute atomic E-state index is 0.177. The zero-order chi connectivity index (χ0) is 22.6. The Morgan fingerprint density at radius 3 is 2.48 bits per heavy atom. The second-order valence-electron chi connectivity index (χ2n) is 10.4. The van der Waals surface area contributed by atoms with Gasteiger partial charge in [-0.05, 0) is 97.1 Å². The molecule has 0 radical (unpaired) electrons. The summed E-state index contributed by atoms with van der Waals surface area (Å²) in [6.45, 7) is 0.440. The predicted molar refractivity (Wildman–Crippen MR) is 129 cm³/mol. The van der Waals surface area contributed by atoms with Gasteiger partial charge in [0.15, 0.2) is 0 Å². The molecule has 1 heterocycles. The van der Waals surface area contributed by atoms with Crippen LogP contribution in [0, 0.1) is 17.8 Å². The van der Waals surface area contributed by atoms with Gasteiger partial charge >= 0.3 is 5.97 Å². The van der Waals surface area contributed by atoms with Crippen LogP contribution in [0.2, 0.25) is 5.02 Å². The van der Waals surface area contributed by atoms with Gasteiger partial charge in [-0.15, -0.1) is 0 Å². The molecule has 170 valence electrons. The average Bonchev–Trinajstić information content (AvgIpc) is 3.23. The first-order chi connectivity index (χ1) is 16.0. The Morgan fingerprint density at radius 1 is 1.09 bits per heavy atom. The third-order valence-electron chi connectivity index (χ3n) is 8.11. The fourth-order valence-corrected chi connectivity index (χ4v) is 7.36. The molecular formula is C27H28ClN3O2. The van der Waals surface area contributed by atoms with Gasteiger partial charge < -0.3 is 15.0 Å². The molecule has 1 aromatic heterocycles. The highest BCUT2D eigenvalue weighted by Gasteiger charge is 2.51. The number of carboxylic acids is 1. The molecule has 2 aromatic carbocycles. The predicted octanol–water partition coefficient (Wildman–Crippen LogP) is 6.49. The molecule has 33 heavy (non-hydrogen) atoms. The summed E-state index contributed by atoms with van der Waals surface area (Å²) in [6, 6.07) is 14.6. The molecule has 0 amide bonds. The zero-order valence-corrected chi connectivity index (χ0v) is 19.3. The highest BCUT2D eigenvalue weighted by molar-refractivity contribution is 6.33. The SMILES string of the molecule is O=C(O)c1cncn1Cc1cccc(Nc2ccc(C34CC5CC(CC(C5)C3)C4)cc2Cl)c1. The average molecular weight is 462 g/mol. The van der Waals surface area contributed by atoms with E-state index in [4.69, 9.17) is 11.6 Å². The van der Waals surface area contributed by atoms with Crippen LogP contribution in [0.3, 0.4) is 0 Å². The van der Waals surface area contributed by atoms with Gasteiger partial charge in [-0.2, -0.15) is 0 Å². The second-order valence-corrected chi connectivity index (χ2v) is 10.8. The molecule has 6 heteroatoms. The number of nitrogens with zero attached hydrogens (tertiary/aromatic N) is 2. The van der Waals surface area contributed by atoms with Crippen molar-refractivity contribution in [3.63, 3.8) is 0 Å². The van der Waals surface area contributed by atoms with E-state index in [1.54, 1.807) is 10.9 Å². The van der Waals surface area contributed by atoms with Crippen molar-refractivity contribution in [2.75, 3.05) is 5.32 Å². The molecular weight excluding hydrogens is 434 g/mol. The molecule has 5 nitrogen and oxygen atoms in total. The smallest absolute Gasteiger partial charge is 0.354 e. The van der Waals surface area contributed by atoms with Crippen LogP contribution in [-0.4, -0.2) is 20.6 Å². The summed E-state index contributed by atoms with van der Waals surface area (Å²) < 4.78 is 1.63. The maximum Gasteiger partial charge on any atom is 0.354 e. The Balaban J connectivity index is 1.21. The molecule has 0 aliphatic heterocycles. The molecule has 3 aromatic rings. The minimum Gasteiger partial charge on any atom is -0.477 e. The molecule has 2 N–H and O–H groups in total. The maximum atomic E-state index is 11.4. The Hall–Kier alpha value is -2.79. The van der Waals surface area contributed by atoms with Crippen LogP contribution in [0.25, 0.3) is 0 Å². The van der Waals surface area contributed by atoms with Gasteiger partial charge in [0.25, 0.3) is 0 Å². The van der Waals surface area contributed by atoms with Crippen molar-refractivity contribution < 1.29 is 9.90 Å². The van der Waals surface area contributed by atoms with E-state index in [1.807, 2.05) is 24.3 Å². The number of carbonyl (C=O) groups is 1. The van der Waals surface area contributed by atoms with E-state index in [0.717, 1.165) is 39.7 Å². The van der Waals surface area contributed by atoms with E-state index in [9.17, 15) is 9.90 Å². The van der Waals surface area contributed by atoms with E-state index in [2.05, 4.69) is 28.5 Å². The quantitative estimate of drug-likeness (QED) is 0.440. The summed E-state index contributed by atoms with van der Waals surface area (Å²) in [4.78, 5) is 15.3. The molecule has 4 fully saturated rings. The molecule has 4 bridgehead atoms. The molecule has 7 rings (SSSR count). The standard InChI is InChI=1S/C27H28ClN3O2/c28-23-10-21(27-11-18-6-19(12-27)8-20(7-18)13-27)4-5-24(23)30-22-3-1-2-17(9-22)15-31-16-29-14-25(31)26(32)33/h1-5,9-10,14,16,18-20,30H,6-8,11-13,15H2,(H,32,33). The number of nitrogens with one attached hydrogen (secondary N) is 1. The summed E-state index contributed by atoms with van der Waals surface area (Å²) >= 11 is 6.79. The number of aromatic carboxylic acids is 1. The van der Waals surface area contributed by atoms with E-state index < -0.39 is 5.97 Å². The molecule has 0 unspecified atom stereocenters. The van der Waals surface area contributed by atoms with E-state index in [-0.39, 0.29) is 5.69 Å². The van der Waals surface area contributed by atoms with Gasteiger partial charge in [0, 0.05) is 12.2 Å². The van der Waals surface area contributed by atoms with Crippen LogP contribution in [0.4, 0.5) is 11.4 Å². The van der Waals surface area contributed by atoms with Crippen LogP contribution in [0.1, 0.15) is 60.1 Å². The van der Waals surface area contributed by atoms with Crippen LogP contribution in [-0.2, 0) is 12.0 Å². The Kier molecular flexibility index (Phi) is 4.98. The van der Waals surface area contributed by atoms with Crippen LogP contribution in [0.5, 0.6) is 0 Å². The largest absolute Gasteiger partial charge is 0.477 e. The molecule has 4 saturated carbocycles. The Morgan fingerprint density at radius 2 is 1.82 bits per heavy atom. The summed E-state index contributed by atoms with van der Waals surface area (Å²) in [7, 11) is 0. The lowest BCUT2D eigenvalue weighted by Crippen LogP contribution is -2.48. The summed E-state index contributed by atoms with van der Waals surface area (Å²) in [5.41, 5.74) is 4.75. The van der Waals surface area contributed by atoms with Crippen molar-refractivity contribution in [3.05, 3.63) is 76.8 Å². The number of benzene rings is 2. The van der Waals surface area contributed by atoms with E-state index >= 15 is 0 Å². The van der Waals surface area contributed by atoms with Gasteiger partial charge in [0.2, 0.25) is 0 Å². The summed E-state index contributed by atoms with van der Waals surface area (Å²) in [6.07, 6.45) is 11.2.